The topological polar surface area (TPSA) is 61.8 Å². The van der Waals surface area contributed by atoms with E-state index in [0.29, 0.717) is 38.9 Å². The molecule has 0 aliphatic rings. The van der Waals surface area contributed by atoms with Crippen molar-refractivity contribution >= 4 is 50.3 Å². The molecule has 9 heteroatoms. The zero-order valence-electron chi connectivity index (χ0n) is 15.7. The summed E-state index contributed by atoms with van der Waals surface area (Å²) in [7, 11) is 1.61. The van der Waals surface area contributed by atoms with Crippen molar-refractivity contribution in [1.82, 2.24) is 18.7 Å². The van der Waals surface area contributed by atoms with Gasteiger partial charge in [0.15, 0.2) is 15.9 Å². The van der Waals surface area contributed by atoms with Crippen LogP contribution in [0.15, 0.2) is 44.2 Å². The molecule has 2 heterocycles. The minimum Gasteiger partial charge on any atom is -0.309 e. The van der Waals surface area contributed by atoms with Crippen molar-refractivity contribution in [3.63, 3.8) is 0 Å². The first-order valence-electron chi connectivity index (χ1n) is 8.63. The van der Waals surface area contributed by atoms with Crippen LogP contribution >= 0.6 is 39.1 Å². The van der Waals surface area contributed by atoms with Crippen molar-refractivity contribution in [3.8, 4) is 0 Å². The molecular formula is C19H19BrCl2N4O2. The van der Waals surface area contributed by atoms with Gasteiger partial charge in [-0.25, -0.2) is 9.78 Å². The van der Waals surface area contributed by atoms with E-state index in [1.54, 1.807) is 29.8 Å². The second-order valence-corrected chi connectivity index (χ2v) is 8.28. The summed E-state index contributed by atoms with van der Waals surface area (Å²) in [5.74, 6) is 0. The van der Waals surface area contributed by atoms with Crippen molar-refractivity contribution in [1.29, 1.82) is 0 Å². The van der Waals surface area contributed by atoms with Crippen molar-refractivity contribution in [2.45, 2.75) is 33.4 Å². The molecule has 0 saturated carbocycles. The zero-order valence-corrected chi connectivity index (χ0v) is 18.8. The maximum atomic E-state index is 13.1. The van der Waals surface area contributed by atoms with Gasteiger partial charge in [-0.1, -0.05) is 40.9 Å². The first-order chi connectivity index (χ1) is 13.2. The van der Waals surface area contributed by atoms with Crippen LogP contribution in [-0.4, -0.2) is 18.7 Å². The lowest BCUT2D eigenvalue weighted by molar-refractivity contribution is 0.600. The average Bonchev–Trinajstić information content (AvgIpc) is 2.96. The largest absolute Gasteiger partial charge is 0.332 e. The summed E-state index contributed by atoms with van der Waals surface area (Å²) in [5.41, 5.74) is 1.89. The molecule has 6 nitrogen and oxygen atoms in total. The number of imidazole rings is 1. The molecule has 0 aliphatic heterocycles. The van der Waals surface area contributed by atoms with E-state index in [1.807, 2.05) is 19.9 Å². The average molecular weight is 486 g/mol. The quantitative estimate of drug-likeness (QED) is 0.402. The van der Waals surface area contributed by atoms with E-state index in [9.17, 15) is 9.59 Å². The van der Waals surface area contributed by atoms with E-state index in [0.717, 1.165) is 11.1 Å². The molecular weight excluding hydrogens is 467 g/mol. The number of benzene rings is 1. The van der Waals surface area contributed by atoms with E-state index in [-0.39, 0.29) is 12.1 Å². The Bertz CT molecular complexity index is 1200. The monoisotopic (exact) mass is 484 g/mol. The summed E-state index contributed by atoms with van der Waals surface area (Å²) in [6, 6.07) is 5.18. The third-order valence-electron chi connectivity index (χ3n) is 4.49. The highest BCUT2D eigenvalue weighted by Crippen LogP contribution is 2.22. The maximum absolute atomic E-state index is 13.1. The number of hydrogen-bond donors (Lipinski definition) is 0. The first kappa shape index (κ1) is 20.9. The molecule has 0 spiro atoms. The second-order valence-electron chi connectivity index (χ2n) is 6.73. The number of allylic oxidation sites excluding steroid dienone is 2. The van der Waals surface area contributed by atoms with Crippen molar-refractivity contribution < 1.29 is 0 Å². The number of halogens is 3. The molecule has 1 aromatic carbocycles. The fourth-order valence-corrected chi connectivity index (χ4v) is 3.93. The van der Waals surface area contributed by atoms with E-state index in [1.165, 1.54) is 9.13 Å². The van der Waals surface area contributed by atoms with E-state index in [2.05, 4.69) is 20.9 Å². The fraction of sp³-hybridized carbons (Fsp3) is 0.316. The predicted octanol–water partition coefficient (Wildman–Crippen LogP) is 4.17. The highest BCUT2D eigenvalue weighted by molar-refractivity contribution is 9.10. The van der Waals surface area contributed by atoms with Gasteiger partial charge in [0.25, 0.3) is 5.56 Å². The van der Waals surface area contributed by atoms with Crippen LogP contribution < -0.4 is 11.2 Å². The van der Waals surface area contributed by atoms with Crippen LogP contribution in [-0.2, 0) is 26.6 Å². The van der Waals surface area contributed by atoms with Gasteiger partial charge in [0.1, 0.15) is 0 Å². The molecule has 2 aromatic heterocycles. The van der Waals surface area contributed by atoms with Crippen molar-refractivity contribution in [3.05, 3.63) is 71.0 Å². The van der Waals surface area contributed by atoms with Crippen LogP contribution in [0, 0.1) is 0 Å². The molecule has 0 unspecified atom stereocenters. The highest BCUT2D eigenvalue weighted by Gasteiger charge is 2.19. The van der Waals surface area contributed by atoms with Crippen LogP contribution in [0.1, 0.15) is 19.4 Å². The number of aryl methyl sites for hydroxylation is 2. The lowest BCUT2D eigenvalue weighted by atomic mass is 10.1. The first-order valence-corrected chi connectivity index (χ1v) is 10.2. The number of fused-ring (bicyclic) bond motifs is 1. The Balaban J connectivity index is 2.10. The predicted molar refractivity (Wildman–Crippen MR) is 117 cm³/mol. The molecule has 28 heavy (non-hydrogen) atoms. The fourth-order valence-electron chi connectivity index (χ4n) is 2.94. The number of nitrogens with zero attached hydrogens (tertiary/aromatic N) is 4. The minimum atomic E-state index is -0.415. The molecule has 0 amide bonds. The highest BCUT2D eigenvalue weighted by atomic mass is 79.9. The van der Waals surface area contributed by atoms with Gasteiger partial charge in [0.05, 0.1) is 0 Å². The Hall–Kier alpha value is -1.83. The summed E-state index contributed by atoms with van der Waals surface area (Å²) in [6.07, 6.45) is 2.42. The zero-order chi connectivity index (χ0) is 20.6. The lowest BCUT2D eigenvalue weighted by Gasteiger charge is -2.10. The van der Waals surface area contributed by atoms with Crippen LogP contribution in [0.2, 0.25) is 10.0 Å². The van der Waals surface area contributed by atoms with Gasteiger partial charge in [0.2, 0.25) is 0 Å². The third kappa shape index (κ3) is 3.97. The molecule has 3 rings (SSSR count). The minimum absolute atomic E-state index is 0.203. The molecule has 0 atom stereocenters. The summed E-state index contributed by atoms with van der Waals surface area (Å²) in [4.78, 5) is 30.2. The van der Waals surface area contributed by atoms with Crippen LogP contribution in [0.3, 0.4) is 0 Å². The van der Waals surface area contributed by atoms with Crippen LogP contribution in [0.4, 0.5) is 0 Å². The van der Waals surface area contributed by atoms with Gasteiger partial charge < -0.3 is 4.57 Å². The van der Waals surface area contributed by atoms with Gasteiger partial charge in [-0.3, -0.25) is 13.9 Å². The number of aromatic nitrogens is 4. The van der Waals surface area contributed by atoms with Crippen molar-refractivity contribution in [2.75, 3.05) is 0 Å². The summed E-state index contributed by atoms with van der Waals surface area (Å²) in [6.45, 7) is 4.65. The Labute approximate surface area is 180 Å². The van der Waals surface area contributed by atoms with Gasteiger partial charge >= 0.3 is 5.69 Å². The number of hydrogen-bond acceptors (Lipinski definition) is 3. The third-order valence-corrected chi connectivity index (χ3v) is 5.68. The van der Waals surface area contributed by atoms with E-state index in [4.69, 9.17) is 23.2 Å². The van der Waals surface area contributed by atoms with Gasteiger partial charge in [-0.15, -0.1) is 0 Å². The summed E-state index contributed by atoms with van der Waals surface area (Å²) in [5, 5.41) is 1.05. The summed E-state index contributed by atoms with van der Waals surface area (Å²) < 4.78 is 4.88. The molecule has 3 aromatic rings. The molecule has 0 fully saturated rings. The maximum Gasteiger partial charge on any atom is 0.332 e. The van der Waals surface area contributed by atoms with Gasteiger partial charge in [-0.2, -0.15) is 0 Å². The van der Waals surface area contributed by atoms with Crippen molar-refractivity contribution in [2.24, 2.45) is 7.05 Å². The van der Waals surface area contributed by atoms with Crippen LogP contribution in [0.25, 0.3) is 11.2 Å². The Morgan fingerprint density at radius 3 is 2.57 bits per heavy atom. The molecule has 0 N–H and O–H groups in total. The Morgan fingerprint density at radius 2 is 1.93 bits per heavy atom. The summed E-state index contributed by atoms with van der Waals surface area (Å²) >= 11 is 15.5. The molecule has 0 aliphatic carbocycles. The lowest BCUT2D eigenvalue weighted by Crippen LogP contribution is -2.40. The molecule has 0 radical (unpaired) electrons. The smallest absolute Gasteiger partial charge is 0.309 e. The second kappa shape index (κ2) is 8.27. The Morgan fingerprint density at radius 1 is 1.21 bits per heavy atom. The molecule has 148 valence electrons. The molecule has 0 saturated heterocycles. The van der Waals surface area contributed by atoms with E-state index < -0.39 is 5.69 Å². The standard InChI is InChI=1S/C19H19BrCl2N4O2/c1-11(2)6-8-25-15-16(23-18(25)20)24(3)19(28)26(17(15)27)9-7-12-4-5-13(21)10-14(12)22/h4-6,10H,7-9H2,1-3H3. The van der Waals surface area contributed by atoms with Gasteiger partial charge in [0, 0.05) is 30.2 Å². The number of rotatable bonds is 5. The normalized spacial score (nSPS) is 11.2. The van der Waals surface area contributed by atoms with Crippen LogP contribution in [0.5, 0.6) is 0 Å². The Kier molecular flexibility index (Phi) is 6.17. The SMILES string of the molecule is CC(C)=CCn1c(Br)nc2c1c(=O)n(CCc1ccc(Cl)cc1Cl)c(=O)n2C. The molecule has 0 bridgehead atoms. The van der Waals surface area contributed by atoms with Gasteiger partial charge in [-0.05, 0) is 53.9 Å². The van der Waals surface area contributed by atoms with E-state index >= 15 is 0 Å².